The van der Waals surface area contributed by atoms with E-state index in [1.807, 2.05) is 6.07 Å². The molecule has 0 radical (unpaired) electrons. The molecule has 0 saturated heterocycles. The lowest BCUT2D eigenvalue weighted by molar-refractivity contribution is -0.0806. The molecule has 1 atom stereocenters. The topological polar surface area (TPSA) is 25.2 Å². The molecule has 3 heteroatoms. The van der Waals surface area contributed by atoms with E-state index in [0.29, 0.717) is 0 Å². The fraction of sp³-hybridized carbons (Fsp3) is 0.444. The summed E-state index contributed by atoms with van der Waals surface area (Å²) < 4.78 is 2.23. The molecule has 0 N–H and O–H groups in total. The second-order valence-electron chi connectivity index (χ2n) is 10.5. The molecule has 4 saturated carbocycles. The molecule has 2 heterocycles. The average molecular weight is 397 g/mol. The van der Waals surface area contributed by atoms with Crippen molar-refractivity contribution in [3.63, 3.8) is 0 Å². The summed E-state index contributed by atoms with van der Waals surface area (Å²) in [5, 5.41) is 1.28. The summed E-state index contributed by atoms with van der Waals surface area (Å²) in [5.74, 6) is 2.73. The summed E-state index contributed by atoms with van der Waals surface area (Å²) in [5.41, 5.74) is 4.71. The van der Waals surface area contributed by atoms with Crippen LogP contribution < -0.4 is 0 Å². The summed E-state index contributed by atoms with van der Waals surface area (Å²) in [6.07, 6.45) is 10.1. The molecule has 4 aliphatic carbocycles. The van der Waals surface area contributed by atoms with E-state index in [-0.39, 0.29) is 17.5 Å². The van der Waals surface area contributed by atoms with Crippen molar-refractivity contribution >= 4 is 16.8 Å². The fourth-order valence-electron chi connectivity index (χ4n) is 8.06. The van der Waals surface area contributed by atoms with Crippen molar-refractivity contribution in [3.8, 4) is 0 Å². The number of para-hydroxylation sites is 1. The third-order valence-electron chi connectivity index (χ3n) is 8.70. The molecule has 1 amide bonds. The van der Waals surface area contributed by atoms with Crippen LogP contribution in [0.1, 0.15) is 66.1 Å². The van der Waals surface area contributed by atoms with Crippen LogP contribution in [0.2, 0.25) is 0 Å². The highest BCUT2D eigenvalue weighted by Gasteiger charge is 2.58. The predicted octanol–water partition coefficient (Wildman–Crippen LogP) is 5.69. The van der Waals surface area contributed by atoms with Crippen LogP contribution in [0.15, 0.2) is 54.7 Å². The Kier molecular flexibility index (Phi) is 3.31. The van der Waals surface area contributed by atoms with Crippen molar-refractivity contribution in [1.82, 2.24) is 9.47 Å². The largest absolute Gasteiger partial charge is 0.350 e. The number of benzene rings is 2. The van der Waals surface area contributed by atoms with Gasteiger partial charge in [0.1, 0.15) is 0 Å². The van der Waals surface area contributed by atoms with Gasteiger partial charge in [-0.1, -0.05) is 36.4 Å². The van der Waals surface area contributed by atoms with Crippen molar-refractivity contribution in [1.29, 1.82) is 0 Å². The Hall–Kier alpha value is -2.55. The molecule has 0 spiro atoms. The normalized spacial score (nSPS) is 34.2. The van der Waals surface area contributed by atoms with Gasteiger partial charge in [-0.15, -0.1) is 0 Å². The van der Waals surface area contributed by atoms with Gasteiger partial charge in [0.05, 0.1) is 6.04 Å². The maximum Gasteiger partial charge on any atom is 0.255 e. The lowest BCUT2D eigenvalue weighted by atomic mass is 9.52. The van der Waals surface area contributed by atoms with Crippen molar-refractivity contribution in [3.05, 3.63) is 71.4 Å². The van der Waals surface area contributed by atoms with Gasteiger partial charge >= 0.3 is 0 Å². The average Bonchev–Trinajstić information content (AvgIpc) is 3.22. The zero-order chi connectivity index (χ0) is 20.0. The minimum atomic E-state index is 0.0380. The monoisotopic (exact) mass is 396 g/mol. The van der Waals surface area contributed by atoms with Crippen LogP contribution in [0, 0.1) is 17.8 Å². The Labute approximate surface area is 177 Å². The summed E-state index contributed by atoms with van der Waals surface area (Å²) in [7, 11) is 2.13. The zero-order valence-electron chi connectivity index (χ0n) is 17.6. The van der Waals surface area contributed by atoms with Crippen LogP contribution >= 0.6 is 0 Å². The zero-order valence-corrected chi connectivity index (χ0v) is 17.6. The van der Waals surface area contributed by atoms with E-state index < -0.39 is 0 Å². The lowest BCUT2D eigenvalue weighted by Gasteiger charge is -2.60. The molecule has 1 aromatic heterocycles. The first-order valence-corrected chi connectivity index (χ1v) is 11.6. The highest BCUT2D eigenvalue weighted by Crippen LogP contribution is 2.61. The second kappa shape index (κ2) is 5.78. The van der Waals surface area contributed by atoms with Gasteiger partial charge in [0, 0.05) is 40.8 Å². The van der Waals surface area contributed by atoms with Crippen LogP contribution in [0.4, 0.5) is 0 Å². The number of nitrogens with zero attached hydrogens (tertiary/aromatic N) is 2. The van der Waals surface area contributed by atoms with E-state index in [9.17, 15) is 4.79 Å². The number of aromatic nitrogens is 1. The smallest absolute Gasteiger partial charge is 0.255 e. The number of fused-ring (bicyclic) bond motifs is 2. The Bertz CT molecular complexity index is 1150. The van der Waals surface area contributed by atoms with E-state index in [1.54, 1.807) is 0 Å². The summed E-state index contributed by atoms with van der Waals surface area (Å²) in [6.45, 7) is 0. The molecule has 2 aromatic carbocycles. The minimum absolute atomic E-state index is 0.0380. The van der Waals surface area contributed by atoms with Crippen LogP contribution in [0.3, 0.4) is 0 Å². The number of aryl methyl sites for hydroxylation is 1. The third kappa shape index (κ3) is 2.13. The van der Waals surface area contributed by atoms with Crippen LogP contribution in [0.25, 0.3) is 10.9 Å². The van der Waals surface area contributed by atoms with Crippen molar-refractivity contribution in [2.75, 3.05) is 0 Å². The molecular formula is C27H28N2O. The SMILES string of the molecule is Cn1cc(C2c3ccccc3C(=O)N2C23CC4CC(CC(C4)C2)C3)c2ccccc21. The van der Waals surface area contributed by atoms with Gasteiger partial charge in [0.25, 0.3) is 5.91 Å². The summed E-state index contributed by atoms with van der Waals surface area (Å²) in [4.78, 5) is 16.3. The standard InChI is InChI=1S/C27H28N2O/c1-28-16-23(20-6-4-5-9-24(20)28)25-21-7-2-3-8-22(21)26(30)29(25)27-13-17-10-18(14-27)12-19(11-17)15-27/h2-9,16-19,25H,10-15H2,1H3. The van der Waals surface area contributed by atoms with Crippen LogP contribution in [0.5, 0.6) is 0 Å². The van der Waals surface area contributed by atoms with E-state index in [0.717, 1.165) is 23.3 Å². The highest BCUT2D eigenvalue weighted by atomic mass is 16.2. The Balaban J connectivity index is 1.45. The predicted molar refractivity (Wildman–Crippen MR) is 118 cm³/mol. The summed E-state index contributed by atoms with van der Waals surface area (Å²) in [6, 6.07) is 17.1. The van der Waals surface area contributed by atoms with Gasteiger partial charge < -0.3 is 9.47 Å². The number of carbonyl (C=O) groups is 1. The van der Waals surface area contributed by atoms with Gasteiger partial charge in [-0.2, -0.15) is 0 Å². The molecule has 3 aromatic rings. The van der Waals surface area contributed by atoms with E-state index in [4.69, 9.17) is 0 Å². The van der Waals surface area contributed by atoms with Crippen LogP contribution in [-0.4, -0.2) is 20.9 Å². The first-order chi connectivity index (χ1) is 14.6. The molecule has 1 aliphatic heterocycles. The van der Waals surface area contributed by atoms with E-state index in [1.165, 1.54) is 60.6 Å². The highest BCUT2D eigenvalue weighted by molar-refractivity contribution is 6.01. The molecular weight excluding hydrogens is 368 g/mol. The molecule has 1 unspecified atom stereocenters. The fourth-order valence-corrected chi connectivity index (χ4v) is 8.06. The third-order valence-corrected chi connectivity index (χ3v) is 8.70. The molecule has 4 fully saturated rings. The minimum Gasteiger partial charge on any atom is -0.350 e. The van der Waals surface area contributed by atoms with Crippen LogP contribution in [-0.2, 0) is 7.05 Å². The van der Waals surface area contributed by atoms with Gasteiger partial charge in [0.2, 0.25) is 0 Å². The Morgan fingerprint density at radius 2 is 1.47 bits per heavy atom. The van der Waals surface area contributed by atoms with E-state index >= 15 is 0 Å². The van der Waals surface area contributed by atoms with Gasteiger partial charge in [-0.25, -0.2) is 0 Å². The van der Waals surface area contributed by atoms with E-state index in [2.05, 4.69) is 65.2 Å². The lowest BCUT2D eigenvalue weighted by Crippen LogP contribution is -2.61. The first kappa shape index (κ1) is 17.2. The number of hydrogen-bond acceptors (Lipinski definition) is 1. The second-order valence-corrected chi connectivity index (χ2v) is 10.5. The van der Waals surface area contributed by atoms with Crippen molar-refractivity contribution in [2.45, 2.75) is 50.1 Å². The van der Waals surface area contributed by atoms with Gasteiger partial charge in [-0.3, -0.25) is 4.79 Å². The molecule has 8 rings (SSSR count). The van der Waals surface area contributed by atoms with Gasteiger partial charge in [-0.05, 0) is 74.0 Å². The van der Waals surface area contributed by atoms with Gasteiger partial charge in [0.15, 0.2) is 0 Å². The molecule has 3 nitrogen and oxygen atoms in total. The number of amides is 1. The Morgan fingerprint density at radius 1 is 0.833 bits per heavy atom. The quantitative estimate of drug-likeness (QED) is 0.546. The number of carbonyl (C=O) groups excluding carboxylic acids is 1. The number of rotatable bonds is 2. The van der Waals surface area contributed by atoms with Crippen molar-refractivity contribution in [2.24, 2.45) is 24.8 Å². The summed E-state index contributed by atoms with van der Waals surface area (Å²) >= 11 is 0. The molecule has 5 aliphatic rings. The van der Waals surface area contributed by atoms with Crippen molar-refractivity contribution < 1.29 is 4.79 Å². The first-order valence-electron chi connectivity index (χ1n) is 11.6. The number of hydrogen-bond donors (Lipinski definition) is 0. The molecule has 30 heavy (non-hydrogen) atoms. The molecule has 152 valence electrons. The maximum absolute atomic E-state index is 14.0. The maximum atomic E-state index is 14.0. The molecule has 4 bridgehead atoms. The Morgan fingerprint density at radius 3 is 2.20 bits per heavy atom.